The minimum atomic E-state index is -6.30. The number of unbranched alkanes of at least 4 members (excludes halogenated alkanes) is 4. The zero-order chi connectivity index (χ0) is 24.8. The molecule has 31 heavy (non-hydrogen) atoms. The molecule has 0 bridgehead atoms. The van der Waals surface area contributed by atoms with Crippen LogP contribution in [-0.4, -0.2) is 50.7 Å². The Labute approximate surface area is 183 Å². The molecule has 0 aromatic carbocycles. The molecule has 1 N–H and O–H groups in total. The van der Waals surface area contributed by atoms with Gasteiger partial charge in [0, 0.05) is 0 Å². The van der Waals surface area contributed by atoms with Crippen LogP contribution < -0.4 is 4.72 Å². The van der Waals surface area contributed by atoms with E-state index in [0.29, 0.717) is 0 Å². The number of carbonyl (C=O) groups is 1. The number of carbonyl (C=O) groups excluding carboxylic acids is 1. The Morgan fingerprint density at radius 1 is 0.710 bits per heavy atom. The third kappa shape index (κ3) is 14.2. The summed E-state index contributed by atoms with van der Waals surface area (Å²) in [6, 6.07) is 0. The van der Waals surface area contributed by atoms with Crippen molar-refractivity contribution in [3.63, 3.8) is 0 Å². The number of rotatable bonds is 13. The van der Waals surface area contributed by atoms with Gasteiger partial charge in [0.05, 0.1) is 0 Å². The number of halogens is 6. The molecule has 0 radical (unpaired) electrons. The Hall–Kier alpha value is -0.570. The minimum Gasteiger partial charge on any atom is -0.263 e. The Morgan fingerprint density at radius 2 is 1.00 bits per heavy atom. The number of hydrogen-bond donors (Lipinski definition) is 1. The second-order valence-corrected chi connectivity index (χ2v) is 14.5. The van der Waals surface area contributed by atoms with Gasteiger partial charge in [0.25, 0.3) is 0 Å². The first-order valence-electron chi connectivity index (χ1n) is 10.8. The van der Waals surface area contributed by atoms with Crippen LogP contribution in [0.3, 0.4) is 0 Å². The normalized spacial score (nSPS) is 13.4. The maximum atomic E-state index is 11.4. The van der Waals surface area contributed by atoms with Crippen molar-refractivity contribution in [2.75, 3.05) is 24.6 Å². The number of alkyl halides is 6. The van der Waals surface area contributed by atoms with E-state index in [9.17, 15) is 39.6 Å². The molecule has 0 rings (SSSR count). The van der Waals surface area contributed by atoms with E-state index in [1.54, 1.807) is 24.6 Å². The van der Waals surface area contributed by atoms with Gasteiger partial charge in [-0.25, -0.2) is 4.72 Å². The van der Waals surface area contributed by atoms with Gasteiger partial charge in [0.2, 0.25) is 0 Å². The molecule has 12 heteroatoms. The molecule has 0 aliphatic carbocycles. The number of sulfonamides is 1. The van der Waals surface area contributed by atoms with Gasteiger partial charge < -0.3 is 0 Å². The van der Waals surface area contributed by atoms with Crippen LogP contribution in [0.15, 0.2) is 0 Å². The summed E-state index contributed by atoms with van der Waals surface area (Å²) in [6.07, 6.45) is 12.4. The average Bonchev–Trinajstić information content (AvgIpc) is 2.65. The molecule has 0 aromatic rings. The molecule has 0 aliphatic rings. The molecule has 0 fully saturated rings. The summed E-state index contributed by atoms with van der Waals surface area (Å²) in [5, 5.41) is 0. The summed E-state index contributed by atoms with van der Waals surface area (Å²) in [5.74, 6) is -3.20. The van der Waals surface area contributed by atoms with E-state index >= 15 is 0 Å². The fourth-order valence-electron chi connectivity index (χ4n) is 3.19. The second kappa shape index (κ2) is 15.3. The Bertz CT molecular complexity index is 557. The van der Waals surface area contributed by atoms with E-state index in [-0.39, 0.29) is 4.72 Å². The minimum absolute atomic E-state index is 0.181. The molecule has 0 aliphatic heterocycles. The van der Waals surface area contributed by atoms with Crippen LogP contribution in [0.5, 0.6) is 0 Å². The van der Waals surface area contributed by atoms with Crippen molar-refractivity contribution < 1.29 is 39.6 Å². The molecule has 0 unspecified atom stereocenters. The van der Waals surface area contributed by atoms with Gasteiger partial charge in [-0.1, -0.05) is 0 Å². The predicted molar refractivity (Wildman–Crippen MR) is 117 cm³/mol. The van der Waals surface area contributed by atoms with E-state index in [1.807, 2.05) is 0 Å². The topological polar surface area (TPSA) is 63.2 Å². The molecule has 0 saturated heterocycles. The van der Waals surface area contributed by atoms with Crippen LogP contribution in [0.2, 0.25) is 0 Å². The predicted octanol–water partition coefficient (Wildman–Crippen LogP) is 6.45. The molecular weight excluding hydrogens is 467 g/mol. The summed E-state index contributed by atoms with van der Waals surface area (Å²) in [5.41, 5.74) is -5.96. The first-order chi connectivity index (χ1) is 14.1. The summed E-state index contributed by atoms with van der Waals surface area (Å²) in [4.78, 5) is 9.81. The molecular formula is C19H38F6NO3PS. The van der Waals surface area contributed by atoms with E-state index < -0.39 is 34.9 Å². The van der Waals surface area contributed by atoms with Crippen LogP contribution in [0.25, 0.3) is 0 Å². The zero-order valence-corrected chi connectivity index (χ0v) is 20.7. The van der Waals surface area contributed by atoms with Crippen molar-refractivity contribution in [3.8, 4) is 0 Å². The van der Waals surface area contributed by atoms with Crippen LogP contribution >= 0.6 is 7.26 Å². The molecule has 0 saturated carbocycles. The summed E-state index contributed by atoms with van der Waals surface area (Å²) >= 11 is 0. The van der Waals surface area contributed by atoms with Gasteiger partial charge in [-0.2, -0.15) is 34.8 Å². The van der Waals surface area contributed by atoms with Gasteiger partial charge in [-0.05, 0) is 0 Å². The maximum absolute atomic E-state index is 11.4. The summed E-state index contributed by atoms with van der Waals surface area (Å²) in [7, 11) is -7.18. The van der Waals surface area contributed by atoms with Crippen molar-refractivity contribution in [2.24, 2.45) is 0 Å². The van der Waals surface area contributed by atoms with E-state index in [4.69, 9.17) is 0 Å². The SMILES string of the molecule is CCCC[PH](CCCC)(CCCC)CCCC.O=C(NS(=O)(=O)C(F)(F)F)C(F)(F)F. The second-order valence-electron chi connectivity index (χ2n) is 7.79. The molecule has 0 aromatic heterocycles. The van der Waals surface area contributed by atoms with Gasteiger partial charge in [-0.15, -0.1) is 0 Å². The summed E-state index contributed by atoms with van der Waals surface area (Å²) < 4.78 is 87.9. The maximum Gasteiger partial charge on any atom is 0.516 e. The van der Waals surface area contributed by atoms with Gasteiger partial charge in [0.1, 0.15) is 0 Å². The van der Waals surface area contributed by atoms with E-state index in [1.165, 1.54) is 51.4 Å². The Kier molecular flexibility index (Phi) is 16.1. The quantitative estimate of drug-likeness (QED) is 0.231. The van der Waals surface area contributed by atoms with Crippen molar-refractivity contribution in [1.82, 2.24) is 4.72 Å². The number of nitrogens with one attached hydrogen (secondary N) is 1. The van der Waals surface area contributed by atoms with Crippen LogP contribution in [-0.2, 0) is 14.8 Å². The Balaban J connectivity index is 0. The van der Waals surface area contributed by atoms with Crippen molar-refractivity contribution in [2.45, 2.75) is 90.7 Å². The fourth-order valence-corrected chi connectivity index (χ4v) is 9.58. The smallest absolute Gasteiger partial charge is 0.263 e. The summed E-state index contributed by atoms with van der Waals surface area (Å²) in [6.45, 7) is 9.44. The van der Waals surface area contributed by atoms with Crippen LogP contribution in [0.1, 0.15) is 79.1 Å². The first-order valence-corrected chi connectivity index (χ1v) is 15.1. The van der Waals surface area contributed by atoms with E-state index in [2.05, 4.69) is 27.7 Å². The third-order valence-electron chi connectivity index (χ3n) is 5.03. The molecule has 4 nitrogen and oxygen atoms in total. The molecule has 0 atom stereocenters. The average molecular weight is 506 g/mol. The first kappa shape index (κ1) is 32.6. The van der Waals surface area contributed by atoms with Crippen molar-refractivity contribution >= 4 is 23.2 Å². The largest absolute Gasteiger partial charge is 0.516 e. The monoisotopic (exact) mass is 505 g/mol. The number of hydrogen-bond acceptors (Lipinski definition) is 3. The standard InChI is InChI=1S/C16H37P.C3HF6NO3S/c1-5-9-13-17(14-10-6-2,15-11-7-3)16-12-8-4;4-2(5,6)1(11)10-14(12,13)3(7,8)9/h17H,5-16H2,1-4H3;(H,10,11). The Morgan fingerprint density at radius 3 is 1.19 bits per heavy atom. The van der Waals surface area contributed by atoms with Crippen LogP contribution in [0.4, 0.5) is 26.3 Å². The van der Waals surface area contributed by atoms with Gasteiger partial charge in [0.15, 0.2) is 0 Å². The number of amides is 1. The third-order valence-corrected chi connectivity index (χ3v) is 11.8. The van der Waals surface area contributed by atoms with Crippen LogP contribution in [0, 0.1) is 0 Å². The molecule has 1 amide bonds. The zero-order valence-electron chi connectivity index (χ0n) is 18.9. The van der Waals surface area contributed by atoms with Crippen molar-refractivity contribution in [3.05, 3.63) is 0 Å². The van der Waals surface area contributed by atoms with E-state index in [0.717, 1.165) is 0 Å². The molecule has 0 heterocycles. The fraction of sp³-hybridized carbons (Fsp3) is 0.947. The van der Waals surface area contributed by atoms with Gasteiger partial charge >= 0.3 is 139 Å². The molecule has 0 spiro atoms. The van der Waals surface area contributed by atoms with Gasteiger partial charge in [-0.3, -0.25) is 4.79 Å². The molecule has 190 valence electrons. The van der Waals surface area contributed by atoms with Crippen molar-refractivity contribution in [1.29, 1.82) is 0 Å².